The van der Waals surface area contributed by atoms with Crippen molar-refractivity contribution in [3.05, 3.63) is 70.4 Å². The van der Waals surface area contributed by atoms with Crippen LogP contribution in [0.2, 0.25) is 0 Å². The van der Waals surface area contributed by atoms with E-state index in [1.165, 1.54) is 11.8 Å². The molecule has 1 saturated heterocycles. The predicted molar refractivity (Wildman–Crippen MR) is 123 cm³/mol. The quantitative estimate of drug-likeness (QED) is 0.462. The molecule has 2 aliphatic heterocycles. The number of rotatable bonds is 9. The molecular formula is C23H25N5O2S. The van der Waals surface area contributed by atoms with Crippen LogP contribution in [0.4, 0.5) is 5.95 Å². The van der Waals surface area contributed by atoms with E-state index >= 15 is 0 Å². The van der Waals surface area contributed by atoms with Crippen molar-refractivity contribution in [2.45, 2.75) is 25.7 Å². The van der Waals surface area contributed by atoms with Gasteiger partial charge in [0.25, 0.3) is 0 Å². The van der Waals surface area contributed by atoms with Crippen LogP contribution in [0.15, 0.2) is 59.1 Å². The van der Waals surface area contributed by atoms with Gasteiger partial charge in [-0.3, -0.25) is 9.59 Å². The van der Waals surface area contributed by atoms with Crippen molar-refractivity contribution in [3.8, 4) is 0 Å². The second-order valence-corrected chi connectivity index (χ2v) is 8.34. The SMILES string of the molecule is O=C(C=C1NC(c2ccccc2)=CS1)Cc1ccnc(NCCCN2CCCC2=O)n1. The first-order chi connectivity index (χ1) is 15.2. The number of likely N-dealkylation sites (tertiary alicyclic amines) is 1. The zero-order valence-electron chi connectivity index (χ0n) is 17.2. The van der Waals surface area contributed by atoms with Crippen LogP contribution in [-0.4, -0.2) is 46.2 Å². The monoisotopic (exact) mass is 435 g/mol. The lowest BCUT2D eigenvalue weighted by molar-refractivity contribution is -0.127. The van der Waals surface area contributed by atoms with Crippen LogP contribution in [0.3, 0.4) is 0 Å². The summed E-state index contributed by atoms with van der Waals surface area (Å²) in [5.41, 5.74) is 2.76. The molecule has 0 unspecified atom stereocenters. The van der Waals surface area contributed by atoms with Gasteiger partial charge in [0.05, 0.1) is 22.8 Å². The summed E-state index contributed by atoms with van der Waals surface area (Å²) in [6.45, 7) is 2.29. The van der Waals surface area contributed by atoms with E-state index in [4.69, 9.17) is 0 Å². The third kappa shape index (κ3) is 5.95. The normalized spacial score (nSPS) is 17.0. The molecule has 0 aliphatic carbocycles. The highest BCUT2D eigenvalue weighted by atomic mass is 32.2. The Balaban J connectivity index is 1.24. The van der Waals surface area contributed by atoms with E-state index < -0.39 is 0 Å². The van der Waals surface area contributed by atoms with Crippen molar-refractivity contribution < 1.29 is 9.59 Å². The highest BCUT2D eigenvalue weighted by molar-refractivity contribution is 8.06. The third-order valence-electron chi connectivity index (χ3n) is 5.07. The number of allylic oxidation sites excluding steroid dienone is 1. The maximum Gasteiger partial charge on any atom is 0.222 e. The van der Waals surface area contributed by atoms with Gasteiger partial charge in [-0.1, -0.05) is 42.1 Å². The number of benzene rings is 1. The summed E-state index contributed by atoms with van der Waals surface area (Å²) in [6, 6.07) is 11.8. The van der Waals surface area contributed by atoms with E-state index in [0.29, 0.717) is 24.6 Å². The van der Waals surface area contributed by atoms with E-state index in [1.807, 2.05) is 40.6 Å². The fourth-order valence-electron chi connectivity index (χ4n) is 3.51. The van der Waals surface area contributed by atoms with Gasteiger partial charge < -0.3 is 15.5 Å². The molecule has 0 radical (unpaired) electrons. The minimum atomic E-state index is -0.0186. The standard InChI is InChI=1S/C23H25N5O2S/c29-19(15-21-27-20(16-31-21)17-6-2-1-3-7-17)14-18-9-11-25-23(26-18)24-10-5-13-28-12-4-8-22(28)30/h1-3,6-7,9,11,15-16,27H,4-5,8,10,12-14H2,(H,24,25,26). The predicted octanol–water partition coefficient (Wildman–Crippen LogP) is 3.19. The van der Waals surface area contributed by atoms with Gasteiger partial charge in [-0.2, -0.15) is 0 Å². The first-order valence-corrected chi connectivity index (χ1v) is 11.3. The lowest BCUT2D eigenvalue weighted by Crippen LogP contribution is -2.27. The Morgan fingerprint density at radius 2 is 2.13 bits per heavy atom. The van der Waals surface area contributed by atoms with E-state index in [-0.39, 0.29) is 18.1 Å². The Labute approximate surface area is 186 Å². The smallest absolute Gasteiger partial charge is 0.222 e. The average Bonchev–Trinajstić information content (AvgIpc) is 3.41. The number of aromatic nitrogens is 2. The molecule has 1 amide bonds. The molecule has 0 saturated carbocycles. The topological polar surface area (TPSA) is 87.2 Å². The summed E-state index contributed by atoms with van der Waals surface area (Å²) in [6.07, 6.45) is 5.96. The molecule has 0 bridgehead atoms. The summed E-state index contributed by atoms with van der Waals surface area (Å²) in [7, 11) is 0. The van der Waals surface area contributed by atoms with Crippen molar-refractivity contribution in [2.24, 2.45) is 0 Å². The Morgan fingerprint density at radius 1 is 1.26 bits per heavy atom. The molecule has 0 atom stereocenters. The van der Waals surface area contributed by atoms with Crippen molar-refractivity contribution in [3.63, 3.8) is 0 Å². The molecule has 2 N–H and O–H groups in total. The van der Waals surface area contributed by atoms with Crippen LogP contribution in [0.5, 0.6) is 0 Å². The van der Waals surface area contributed by atoms with Crippen LogP contribution in [0, 0.1) is 0 Å². The minimum Gasteiger partial charge on any atom is -0.354 e. The highest BCUT2D eigenvalue weighted by Gasteiger charge is 2.19. The van der Waals surface area contributed by atoms with Gasteiger partial charge in [-0.05, 0) is 24.5 Å². The fourth-order valence-corrected chi connectivity index (χ4v) is 4.32. The number of anilines is 1. The minimum absolute atomic E-state index is 0.0186. The van der Waals surface area contributed by atoms with Crippen molar-refractivity contribution in [1.29, 1.82) is 0 Å². The first-order valence-electron chi connectivity index (χ1n) is 10.4. The van der Waals surface area contributed by atoms with Crippen LogP contribution >= 0.6 is 11.8 Å². The van der Waals surface area contributed by atoms with E-state index in [1.54, 1.807) is 18.3 Å². The molecule has 7 nitrogen and oxygen atoms in total. The maximum absolute atomic E-state index is 12.5. The van der Waals surface area contributed by atoms with E-state index in [2.05, 4.69) is 20.6 Å². The third-order valence-corrected chi connectivity index (χ3v) is 5.89. The number of carbonyl (C=O) groups is 2. The largest absolute Gasteiger partial charge is 0.354 e. The van der Waals surface area contributed by atoms with Crippen molar-refractivity contribution in [1.82, 2.24) is 20.2 Å². The van der Waals surface area contributed by atoms with Gasteiger partial charge in [0.1, 0.15) is 0 Å². The highest BCUT2D eigenvalue weighted by Crippen LogP contribution is 2.29. The zero-order valence-corrected chi connectivity index (χ0v) is 18.0. The number of ketones is 1. The van der Waals surface area contributed by atoms with Crippen LogP contribution < -0.4 is 10.6 Å². The summed E-state index contributed by atoms with van der Waals surface area (Å²) < 4.78 is 0. The van der Waals surface area contributed by atoms with Crippen LogP contribution in [0.25, 0.3) is 5.70 Å². The first kappa shape index (κ1) is 21.1. The van der Waals surface area contributed by atoms with Crippen LogP contribution in [0.1, 0.15) is 30.5 Å². The van der Waals surface area contributed by atoms with Crippen molar-refractivity contribution >= 4 is 35.1 Å². The van der Waals surface area contributed by atoms with Gasteiger partial charge in [0.15, 0.2) is 5.78 Å². The van der Waals surface area contributed by atoms with Crippen LogP contribution in [-0.2, 0) is 16.0 Å². The van der Waals surface area contributed by atoms with Gasteiger partial charge in [-0.25, -0.2) is 9.97 Å². The molecule has 2 aliphatic rings. The molecule has 1 aromatic heterocycles. The second kappa shape index (κ2) is 10.3. The molecule has 160 valence electrons. The van der Waals surface area contributed by atoms with E-state index in [9.17, 15) is 9.59 Å². The van der Waals surface area contributed by atoms with E-state index in [0.717, 1.165) is 42.2 Å². The Hall–Kier alpha value is -3.13. The number of hydrogen-bond acceptors (Lipinski definition) is 7. The van der Waals surface area contributed by atoms with Gasteiger partial charge in [0.2, 0.25) is 11.9 Å². The lowest BCUT2D eigenvalue weighted by Gasteiger charge is -2.15. The molecule has 1 fully saturated rings. The fraction of sp³-hybridized carbons (Fsp3) is 0.304. The molecule has 4 rings (SSSR count). The number of nitrogens with zero attached hydrogens (tertiary/aromatic N) is 3. The molecule has 0 spiro atoms. The summed E-state index contributed by atoms with van der Waals surface area (Å²) in [5, 5.41) is 9.29. The van der Waals surface area contributed by atoms with Gasteiger partial charge in [-0.15, -0.1) is 0 Å². The molecule has 3 heterocycles. The molecule has 2 aromatic rings. The second-order valence-electron chi connectivity index (χ2n) is 7.43. The number of nitrogens with one attached hydrogen (secondary N) is 2. The molecule has 31 heavy (non-hydrogen) atoms. The molecule has 1 aromatic carbocycles. The Bertz CT molecular complexity index is 1010. The maximum atomic E-state index is 12.5. The number of thioether (sulfide) groups is 1. The zero-order chi connectivity index (χ0) is 21.5. The molecular weight excluding hydrogens is 410 g/mol. The molecule has 8 heteroatoms. The summed E-state index contributed by atoms with van der Waals surface area (Å²) >= 11 is 1.51. The van der Waals surface area contributed by atoms with Gasteiger partial charge in [0, 0.05) is 43.7 Å². The number of amides is 1. The Morgan fingerprint density at radius 3 is 2.94 bits per heavy atom. The average molecular weight is 436 g/mol. The number of carbonyl (C=O) groups excluding carboxylic acids is 2. The number of hydrogen-bond donors (Lipinski definition) is 2. The van der Waals surface area contributed by atoms with Crippen molar-refractivity contribution in [2.75, 3.05) is 25.0 Å². The van der Waals surface area contributed by atoms with Gasteiger partial charge >= 0.3 is 0 Å². The summed E-state index contributed by atoms with van der Waals surface area (Å²) in [5.74, 6) is 0.730. The lowest BCUT2D eigenvalue weighted by atomic mass is 10.2. The Kier molecular flexibility index (Phi) is 6.99. The summed E-state index contributed by atoms with van der Waals surface area (Å²) in [4.78, 5) is 34.7.